The summed E-state index contributed by atoms with van der Waals surface area (Å²) >= 11 is 0. The van der Waals surface area contributed by atoms with Crippen LogP contribution in [0.1, 0.15) is 45.5 Å². The molecule has 2 N–H and O–H groups in total. The number of aryl methyl sites for hydroxylation is 1. The van der Waals surface area contributed by atoms with E-state index in [1.807, 2.05) is 49.4 Å². The number of rotatable bonds is 9. The summed E-state index contributed by atoms with van der Waals surface area (Å²) in [4.78, 5) is 30.8. The molecule has 0 aromatic heterocycles. The summed E-state index contributed by atoms with van der Waals surface area (Å²) in [5, 5.41) is 5.97. The van der Waals surface area contributed by atoms with Crippen LogP contribution < -0.4 is 20.3 Å². The van der Waals surface area contributed by atoms with Gasteiger partial charge in [0.15, 0.2) is 0 Å². The van der Waals surface area contributed by atoms with Gasteiger partial charge >= 0.3 is 0 Å². The monoisotopic (exact) mass is 542 g/mol. The van der Waals surface area contributed by atoms with Crippen molar-refractivity contribution in [2.24, 2.45) is 0 Å². The minimum absolute atomic E-state index is 0.204. The van der Waals surface area contributed by atoms with Crippen LogP contribution in [0, 0.1) is 6.92 Å². The van der Waals surface area contributed by atoms with Crippen molar-refractivity contribution in [2.75, 3.05) is 62.0 Å². The predicted octanol–water partition coefficient (Wildman–Crippen LogP) is 5.20. The van der Waals surface area contributed by atoms with Gasteiger partial charge in [0.05, 0.1) is 19.8 Å². The van der Waals surface area contributed by atoms with Crippen molar-refractivity contribution in [1.29, 1.82) is 0 Å². The number of likely N-dealkylation sites (tertiary alicyclic amines) is 1. The van der Waals surface area contributed by atoms with Gasteiger partial charge < -0.3 is 29.9 Å². The average Bonchev–Trinajstić information content (AvgIpc) is 3.39. The molecule has 2 fully saturated rings. The van der Waals surface area contributed by atoms with Crippen LogP contribution in [0.2, 0.25) is 0 Å². The number of anilines is 3. The van der Waals surface area contributed by atoms with Crippen molar-refractivity contribution >= 4 is 28.9 Å². The number of amides is 2. The van der Waals surface area contributed by atoms with E-state index in [9.17, 15) is 9.59 Å². The summed E-state index contributed by atoms with van der Waals surface area (Å²) in [6, 6.07) is 20.9. The van der Waals surface area contributed by atoms with Gasteiger partial charge in [-0.3, -0.25) is 9.59 Å². The van der Waals surface area contributed by atoms with Gasteiger partial charge in [-0.15, -0.1) is 0 Å². The number of hydrogen-bond donors (Lipinski definition) is 2. The summed E-state index contributed by atoms with van der Waals surface area (Å²) in [7, 11) is 2.16. The summed E-state index contributed by atoms with van der Waals surface area (Å²) in [5.74, 6) is 0.251. The van der Waals surface area contributed by atoms with E-state index in [1.54, 1.807) is 24.3 Å². The molecule has 8 nitrogen and oxygen atoms in total. The van der Waals surface area contributed by atoms with Crippen molar-refractivity contribution in [3.63, 3.8) is 0 Å². The maximum Gasteiger partial charge on any atom is 0.255 e. The molecule has 3 aromatic rings. The van der Waals surface area contributed by atoms with E-state index < -0.39 is 0 Å². The maximum absolute atomic E-state index is 13.1. The molecule has 2 aliphatic heterocycles. The Labute approximate surface area is 236 Å². The van der Waals surface area contributed by atoms with Crippen molar-refractivity contribution in [3.05, 3.63) is 83.4 Å². The molecule has 2 aliphatic rings. The van der Waals surface area contributed by atoms with Crippen LogP contribution in [0.4, 0.5) is 17.1 Å². The highest BCUT2D eigenvalue weighted by atomic mass is 16.5. The smallest absolute Gasteiger partial charge is 0.255 e. The van der Waals surface area contributed by atoms with Crippen molar-refractivity contribution in [3.8, 4) is 5.75 Å². The number of morpholine rings is 1. The number of benzene rings is 3. The molecule has 0 spiro atoms. The van der Waals surface area contributed by atoms with E-state index in [-0.39, 0.29) is 11.8 Å². The van der Waals surface area contributed by atoms with Gasteiger partial charge in [-0.1, -0.05) is 18.2 Å². The van der Waals surface area contributed by atoms with Crippen LogP contribution in [-0.2, 0) is 4.74 Å². The lowest BCUT2D eigenvalue weighted by Crippen LogP contribution is -2.36. The summed E-state index contributed by atoms with van der Waals surface area (Å²) < 4.78 is 11.4. The predicted molar refractivity (Wildman–Crippen MR) is 159 cm³/mol. The zero-order valence-electron chi connectivity index (χ0n) is 23.3. The van der Waals surface area contributed by atoms with Crippen LogP contribution in [0.15, 0.2) is 66.7 Å². The molecule has 1 unspecified atom stereocenters. The fourth-order valence-electron chi connectivity index (χ4n) is 5.28. The van der Waals surface area contributed by atoms with Gasteiger partial charge in [0.25, 0.3) is 11.8 Å². The molecular formula is C32H38N4O4. The first-order chi connectivity index (χ1) is 19.5. The average molecular weight is 543 g/mol. The fraction of sp³-hybridized carbons (Fsp3) is 0.375. The van der Waals surface area contributed by atoms with Gasteiger partial charge in [0, 0.05) is 47.3 Å². The van der Waals surface area contributed by atoms with Crippen molar-refractivity contribution < 1.29 is 19.1 Å². The number of ether oxygens (including phenoxy) is 2. The second kappa shape index (κ2) is 13.0. The van der Waals surface area contributed by atoms with E-state index in [2.05, 4.69) is 27.5 Å². The van der Waals surface area contributed by atoms with E-state index in [0.29, 0.717) is 54.1 Å². The molecule has 0 saturated carbocycles. The van der Waals surface area contributed by atoms with Crippen LogP contribution in [0.5, 0.6) is 5.75 Å². The topological polar surface area (TPSA) is 83.1 Å². The zero-order valence-corrected chi connectivity index (χ0v) is 23.3. The van der Waals surface area contributed by atoms with Crippen LogP contribution in [0.3, 0.4) is 0 Å². The minimum atomic E-state index is -0.231. The largest absolute Gasteiger partial charge is 0.494 e. The third kappa shape index (κ3) is 7.00. The highest BCUT2D eigenvalue weighted by molar-refractivity contribution is 6.07. The number of carbonyl (C=O) groups is 2. The Kier molecular flexibility index (Phi) is 8.98. The second-order valence-corrected chi connectivity index (χ2v) is 10.5. The normalized spacial score (nSPS) is 17.4. The standard InChI is InChI=1S/C32H38N4O4/c1-23-11-12-26(33-31(37)24-6-3-8-28(20-24)36-15-18-39-19-16-36)22-30(23)34-32(38)25-7-4-10-29(21-25)40-17-13-27-9-5-14-35(27)2/h3-4,6-8,10-12,20-22,27H,5,9,13-19H2,1-2H3,(H,33,37)(H,34,38). The van der Waals surface area contributed by atoms with Gasteiger partial charge in [0.2, 0.25) is 0 Å². The SMILES string of the molecule is Cc1ccc(NC(=O)c2cccc(N3CCOCC3)c2)cc1NC(=O)c1cccc(OCCC2CCCN2C)c1. The summed E-state index contributed by atoms with van der Waals surface area (Å²) in [6.45, 7) is 6.67. The molecule has 2 heterocycles. The fourth-order valence-corrected chi connectivity index (χ4v) is 5.28. The quantitative estimate of drug-likeness (QED) is 0.387. The number of nitrogens with one attached hydrogen (secondary N) is 2. The molecule has 40 heavy (non-hydrogen) atoms. The number of carbonyl (C=O) groups excluding carboxylic acids is 2. The Morgan fingerprint density at radius 2 is 1.68 bits per heavy atom. The first kappa shape index (κ1) is 27.7. The third-order valence-corrected chi connectivity index (χ3v) is 7.72. The summed E-state index contributed by atoms with van der Waals surface area (Å²) in [5.41, 5.74) is 4.24. The molecule has 8 heteroatoms. The van der Waals surface area contributed by atoms with Crippen molar-refractivity contribution in [1.82, 2.24) is 4.90 Å². The first-order valence-corrected chi connectivity index (χ1v) is 14.1. The Morgan fingerprint density at radius 3 is 2.45 bits per heavy atom. The van der Waals surface area contributed by atoms with Gasteiger partial charge in [-0.25, -0.2) is 0 Å². The molecule has 0 bridgehead atoms. The molecule has 0 radical (unpaired) electrons. The Balaban J connectivity index is 1.20. The van der Waals surface area contributed by atoms with E-state index in [4.69, 9.17) is 9.47 Å². The van der Waals surface area contributed by atoms with E-state index in [0.717, 1.165) is 37.3 Å². The molecule has 3 aromatic carbocycles. The Bertz CT molecular complexity index is 1340. The zero-order chi connectivity index (χ0) is 27.9. The lowest BCUT2D eigenvalue weighted by Gasteiger charge is -2.29. The Hall–Kier alpha value is -3.88. The lowest BCUT2D eigenvalue weighted by molar-refractivity contribution is 0.101. The third-order valence-electron chi connectivity index (χ3n) is 7.72. The molecule has 1 atom stereocenters. The number of nitrogens with zero attached hydrogens (tertiary/aromatic N) is 2. The van der Waals surface area contributed by atoms with E-state index >= 15 is 0 Å². The van der Waals surface area contributed by atoms with Crippen LogP contribution in [-0.4, -0.2) is 69.3 Å². The Morgan fingerprint density at radius 1 is 0.925 bits per heavy atom. The number of hydrogen-bond acceptors (Lipinski definition) is 6. The molecule has 210 valence electrons. The molecular weight excluding hydrogens is 504 g/mol. The van der Waals surface area contributed by atoms with Gasteiger partial charge in [-0.05, 0) is 93.9 Å². The maximum atomic E-state index is 13.1. The second-order valence-electron chi connectivity index (χ2n) is 10.5. The summed E-state index contributed by atoms with van der Waals surface area (Å²) in [6.07, 6.45) is 3.42. The molecule has 2 amide bonds. The highest BCUT2D eigenvalue weighted by Gasteiger charge is 2.20. The first-order valence-electron chi connectivity index (χ1n) is 14.1. The molecule has 0 aliphatic carbocycles. The van der Waals surface area contributed by atoms with Crippen molar-refractivity contribution in [2.45, 2.75) is 32.2 Å². The highest BCUT2D eigenvalue weighted by Crippen LogP contribution is 2.24. The molecule has 2 saturated heterocycles. The van der Waals surface area contributed by atoms with Crippen LogP contribution >= 0.6 is 0 Å². The minimum Gasteiger partial charge on any atom is -0.494 e. The van der Waals surface area contributed by atoms with Gasteiger partial charge in [-0.2, -0.15) is 0 Å². The molecule has 5 rings (SSSR count). The van der Waals surface area contributed by atoms with Gasteiger partial charge in [0.1, 0.15) is 5.75 Å². The van der Waals surface area contributed by atoms with Crippen LogP contribution in [0.25, 0.3) is 0 Å². The van der Waals surface area contributed by atoms with E-state index in [1.165, 1.54) is 12.8 Å². The lowest BCUT2D eigenvalue weighted by atomic mass is 10.1.